The molecular formula is C10H22Si2. The van der Waals surface area contributed by atoms with Crippen molar-refractivity contribution in [2.24, 2.45) is 0 Å². The first kappa shape index (κ1) is 10.3. The van der Waals surface area contributed by atoms with Crippen LogP contribution in [0.15, 0.2) is 10.4 Å². The van der Waals surface area contributed by atoms with Crippen LogP contribution in [0.4, 0.5) is 0 Å². The molecule has 0 radical (unpaired) electrons. The Hall–Kier alpha value is 0.174. The summed E-state index contributed by atoms with van der Waals surface area (Å²) in [6.45, 7) is 14.9. The Labute approximate surface area is 79.1 Å². The lowest BCUT2D eigenvalue weighted by atomic mass is 10.4. The van der Waals surface area contributed by atoms with Crippen molar-refractivity contribution in [3.63, 3.8) is 0 Å². The van der Waals surface area contributed by atoms with Gasteiger partial charge in [0.25, 0.3) is 0 Å². The summed E-state index contributed by atoms with van der Waals surface area (Å²) in [7, 11) is -1.85. The molecule has 0 amide bonds. The molecule has 0 saturated carbocycles. The average molecular weight is 198 g/mol. The second kappa shape index (κ2) is 2.84. The number of hydrogen-bond acceptors (Lipinski definition) is 0. The summed E-state index contributed by atoms with van der Waals surface area (Å²) in [5, 5.41) is 0. The van der Waals surface area contributed by atoms with E-state index in [4.69, 9.17) is 0 Å². The van der Waals surface area contributed by atoms with Crippen LogP contribution in [-0.4, -0.2) is 16.1 Å². The molecule has 0 N–H and O–H groups in total. The van der Waals surface area contributed by atoms with Crippen molar-refractivity contribution in [1.82, 2.24) is 0 Å². The summed E-state index contributed by atoms with van der Waals surface area (Å²) in [6.07, 6.45) is 0. The Bertz CT molecular complexity index is 202. The second-order valence-corrected chi connectivity index (χ2v) is 15.7. The van der Waals surface area contributed by atoms with Crippen molar-refractivity contribution in [2.45, 2.75) is 52.1 Å². The van der Waals surface area contributed by atoms with Gasteiger partial charge in [0.05, 0.1) is 16.1 Å². The van der Waals surface area contributed by atoms with E-state index in [-0.39, 0.29) is 0 Å². The van der Waals surface area contributed by atoms with E-state index in [9.17, 15) is 0 Å². The lowest BCUT2D eigenvalue weighted by molar-refractivity contribution is 1.35. The van der Waals surface area contributed by atoms with E-state index in [2.05, 4.69) is 40.0 Å². The van der Waals surface area contributed by atoms with E-state index in [1.54, 1.807) is 17.7 Å². The topological polar surface area (TPSA) is 0 Å². The van der Waals surface area contributed by atoms with Crippen LogP contribution in [0.5, 0.6) is 0 Å². The summed E-state index contributed by atoms with van der Waals surface area (Å²) < 4.78 is 0. The molecule has 0 nitrogen and oxygen atoms in total. The van der Waals surface area contributed by atoms with Gasteiger partial charge in [-0.3, -0.25) is 0 Å². The molecule has 1 heterocycles. The largest absolute Gasteiger partial charge is 0.0920 e. The Balaban J connectivity index is 3.15. The van der Waals surface area contributed by atoms with Crippen molar-refractivity contribution >= 4 is 16.1 Å². The molecule has 1 fully saturated rings. The third-order valence-corrected chi connectivity index (χ3v) is 14.5. The second-order valence-electron chi connectivity index (χ2n) is 5.64. The molecule has 0 aromatic heterocycles. The fourth-order valence-electron chi connectivity index (χ4n) is 3.14. The number of allylic oxidation sites excluding steroid dienone is 1. The minimum Gasteiger partial charge on any atom is -0.0920 e. The molecule has 0 atom stereocenters. The SMILES string of the molecule is CC(C)=C1[Si](C)(C)CC[Si]1(C)C. The third kappa shape index (κ3) is 1.59. The maximum Gasteiger partial charge on any atom is 0.0709 e. The van der Waals surface area contributed by atoms with Gasteiger partial charge in [-0.05, 0) is 13.8 Å². The van der Waals surface area contributed by atoms with Crippen molar-refractivity contribution in [3.05, 3.63) is 10.4 Å². The van der Waals surface area contributed by atoms with E-state index < -0.39 is 16.1 Å². The van der Waals surface area contributed by atoms with Crippen LogP contribution >= 0.6 is 0 Å². The Kier molecular flexibility index (Phi) is 2.43. The molecule has 70 valence electrons. The quantitative estimate of drug-likeness (QED) is 0.519. The summed E-state index contributed by atoms with van der Waals surface area (Å²) in [5.74, 6) is 0. The highest BCUT2D eigenvalue weighted by atomic mass is 28.4. The Morgan fingerprint density at radius 2 is 1.25 bits per heavy atom. The molecular weight excluding hydrogens is 176 g/mol. The summed E-state index contributed by atoms with van der Waals surface area (Å²) in [6, 6.07) is 3.10. The standard InChI is InChI=1S/C10H22Si2/c1-9(2)10-11(3,4)7-8-12(10,5)6/h7-8H2,1-6H3. The maximum atomic E-state index is 2.55. The van der Waals surface area contributed by atoms with Gasteiger partial charge in [0.2, 0.25) is 0 Å². The third-order valence-electron chi connectivity index (χ3n) is 3.23. The van der Waals surface area contributed by atoms with Crippen LogP contribution in [-0.2, 0) is 0 Å². The molecule has 2 heteroatoms. The lowest BCUT2D eigenvalue weighted by Gasteiger charge is -2.27. The molecule has 1 rings (SSSR count). The molecule has 1 aliphatic rings. The van der Waals surface area contributed by atoms with Crippen LogP contribution in [0.1, 0.15) is 13.8 Å². The smallest absolute Gasteiger partial charge is 0.0709 e. The van der Waals surface area contributed by atoms with Gasteiger partial charge in [-0.15, -0.1) is 0 Å². The minimum absolute atomic E-state index is 0.927. The normalized spacial score (nSPS) is 26.0. The van der Waals surface area contributed by atoms with Gasteiger partial charge >= 0.3 is 0 Å². The molecule has 0 aromatic rings. The van der Waals surface area contributed by atoms with Gasteiger partial charge in [-0.2, -0.15) is 0 Å². The van der Waals surface area contributed by atoms with Gasteiger partial charge in [-0.1, -0.05) is 48.7 Å². The van der Waals surface area contributed by atoms with Crippen molar-refractivity contribution in [2.75, 3.05) is 0 Å². The van der Waals surface area contributed by atoms with Crippen LogP contribution in [0, 0.1) is 0 Å². The predicted octanol–water partition coefficient (Wildman–Crippen LogP) is 3.83. The van der Waals surface area contributed by atoms with E-state index in [0.29, 0.717) is 0 Å². The molecule has 0 aromatic carbocycles. The lowest BCUT2D eigenvalue weighted by Crippen LogP contribution is -2.35. The van der Waals surface area contributed by atoms with Gasteiger partial charge < -0.3 is 0 Å². The first-order chi connectivity index (χ1) is 5.27. The summed E-state index contributed by atoms with van der Waals surface area (Å²) in [4.78, 5) is 1.97. The fourth-order valence-corrected chi connectivity index (χ4v) is 19.4. The van der Waals surface area contributed by atoms with Gasteiger partial charge in [0.1, 0.15) is 0 Å². The zero-order valence-electron chi connectivity index (χ0n) is 9.41. The zero-order valence-corrected chi connectivity index (χ0v) is 11.4. The molecule has 0 unspecified atom stereocenters. The summed E-state index contributed by atoms with van der Waals surface area (Å²) in [5.41, 5.74) is 1.65. The van der Waals surface area contributed by atoms with Crippen LogP contribution in [0.2, 0.25) is 38.3 Å². The molecule has 12 heavy (non-hydrogen) atoms. The van der Waals surface area contributed by atoms with Crippen molar-refractivity contribution < 1.29 is 0 Å². The highest BCUT2D eigenvalue weighted by molar-refractivity contribution is 7.09. The minimum atomic E-state index is -0.927. The van der Waals surface area contributed by atoms with E-state index >= 15 is 0 Å². The highest BCUT2D eigenvalue weighted by Gasteiger charge is 2.44. The predicted molar refractivity (Wildman–Crippen MR) is 63.0 cm³/mol. The molecule has 0 bridgehead atoms. The van der Waals surface area contributed by atoms with Gasteiger partial charge in [0, 0.05) is 0 Å². The molecule has 0 spiro atoms. The van der Waals surface area contributed by atoms with Crippen LogP contribution in [0.25, 0.3) is 0 Å². The highest BCUT2D eigenvalue weighted by Crippen LogP contribution is 2.42. The van der Waals surface area contributed by atoms with Gasteiger partial charge in [-0.25, -0.2) is 0 Å². The van der Waals surface area contributed by atoms with Gasteiger partial charge in [0.15, 0.2) is 0 Å². The monoisotopic (exact) mass is 198 g/mol. The molecule has 1 saturated heterocycles. The van der Waals surface area contributed by atoms with Crippen LogP contribution < -0.4 is 0 Å². The van der Waals surface area contributed by atoms with E-state index in [1.165, 1.54) is 0 Å². The molecule has 1 aliphatic heterocycles. The van der Waals surface area contributed by atoms with Crippen molar-refractivity contribution in [3.8, 4) is 0 Å². The van der Waals surface area contributed by atoms with E-state index in [0.717, 1.165) is 0 Å². The average Bonchev–Trinajstić information content (AvgIpc) is 2.01. The number of hydrogen-bond donors (Lipinski definition) is 0. The van der Waals surface area contributed by atoms with Crippen molar-refractivity contribution in [1.29, 1.82) is 0 Å². The first-order valence-corrected chi connectivity index (χ1v) is 11.4. The zero-order chi connectivity index (χ0) is 9.57. The maximum absolute atomic E-state index is 2.55. The van der Waals surface area contributed by atoms with E-state index in [1.807, 2.05) is 4.82 Å². The van der Waals surface area contributed by atoms with Crippen LogP contribution in [0.3, 0.4) is 0 Å². The number of rotatable bonds is 0. The fraction of sp³-hybridized carbons (Fsp3) is 0.800. The Morgan fingerprint density at radius 1 is 0.917 bits per heavy atom. The summed E-state index contributed by atoms with van der Waals surface area (Å²) >= 11 is 0. The Morgan fingerprint density at radius 3 is 1.42 bits per heavy atom. The molecule has 0 aliphatic carbocycles. The first-order valence-electron chi connectivity index (χ1n) is 4.96.